The standard InChI is InChI=1S/C14H26O2/c1-4-6-12-7-9-14(10-8-12,13(15)16)11(3)5-2/h11-12H,4-10H2,1-3H3,(H,15,16). The zero-order valence-electron chi connectivity index (χ0n) is 11.0. The van der Waals surface area contributed by atoms with E-state index in [1.807, 2.05) is 0 Å². The Kier molecular flexibility index (Phi) is 4.82. The molecule has 0 aromatic rings. The maximum Gasteiger partial charge on any atom is 0.309 e. The van der Waals surface area contributed by atoms with Crippen molar-refractivity contribution in [2.75, 3.05) is 0 Å². The number of carboxylic acid groups (broad SMARTS) is 1. The highest BCUT2D eigenvalue weighted by atomic mass is 16.4. The first-order valence-corrected chi connectivity index (χ1v) is 6.80. The highest BCUT2D eigenvalue weighted by molar-refractivity contribution is 5.75. The second-order valence-corrected chi connectivity index (χ2v) is 5.50. The van der Waals surface area contributed by atoms with Gasteiger partial charge in [0.1, 0.15) is 0 Å². The van der Waals surface area contributed by atoms with Crippen LogP contribution in [0.1, 0.15) is 65.7 Å². The van der Waals surface area contributed by atoms with Crippen molar-refractivity contribution in [1.29, 1.82) is 0 Å². The van der Waals surface area contributed by atoms with Gasteiger partial charge in [-0.1, -0.05) is 40.0 Å². The average Bonchev–Trinajstić information content (AvgIpc) is 2.29. The van der Waals surface area contributed by atoms with Crippen LogP contribution in [0.3, 0.4) is 0 Å². The first-order chi connectivity index (χ1) is 7.56. The van der Waals surface area contributed by atoms with E-state index in [-0.39, 0.29) is 0 Å². The Labute approximate surface area is 99.4 Å². The number of carbonyl (C=O) groups is 1. The topological polar surface area (TPSA) is 37.3 Å². The van der Waals surface area contributed by atoms with Crippen LogP contribution in [0.25, 0.3) is 0 Å². The monoisotopic (exact) mass is 226 g/mol. The summed E-state index contributed by atoms with van der Waals surface area (Å²) >= 11 is 0. The molecule has 1 fully saturated rings. The molecule has 0 aromatic heterocycles. The molecule has 0 aliphatic heterocycles. The summed E-state index contributed by atoms with van der Waals surface area (Å²) in [5.41, 5.74) is -0.418. The Morgan fingerprint density at radius 3 is 2.31 bits per heavy atom. The second kappa shape index (κ2) is 5.70. The molecule has 0 heterocycles. The zero-order valence-corrected chi connectivity index (χ0v) is 11.0. The molecule has 1 N–H and O–H groups in total. The van der Waals surface area contributed by atoms with Gasteiger partial charge < -0.3 is 5.11 Å². The van der Waals surface area contributed by atoms with Gasteiger partial charge >= 0.3 is 5.97 Å². The van der Waals surface area contributed by atoms with Crippen LogP contribution in [0.4, 0.5) is 0 Å². The fourth-order valence-corrected chi connectivity index (χ4v) is 3.20. The summed E-state index contributed by atoms with van der Waals surface area (Å²) in [6.07, 6.45) is 7.49. The van der Waals surface area contributed by atoms with Crippen LogP contribution in [0.15, 0.2) is 0 Å². The van der Waals surface area contributed by atoms with Crippen LogP contribution in [0, 0.1) is 17.3 Å². The smallest absolute Gasteiger partial charge is 0.309 e. The van der Waals surface area contributed by atoms with Gasteiger partial charge in [0.25, 0.3) is 0 Å². The molecule has 1 saturated carbocycles. The van der Waals surface area contributed by atoms with Crippen LogP contribution in [-0.4, -0.2) is 11.1 Å². The van der Waals surface area contributed by atoms with Crippen molar-refractivity contribution in [2.45, 2.75) is 65.7 Å². The minimum absolute atomic E-state index is 0.313. The third kappa shape index (κ3) is 2.58. The van der Waals surface area contributed by atoms with Crippen LogP contribution in [0.5, 0.6) is 0 Å². The lowest BCUT2D eigenvalue weighted by molar-refractivity contribution is -0.156. The van der Waals surface area contributed by atoms with Gasteiger partial charge in [-0.05, 0) is 37.5 Å². The van der Waals surface area contributed by atoms with Crippen molar-refractivity contribution < 1.29 is 9.90 Å². The number of rotatable bonds is 5. The second-order valence-electron chi connectivity index (χ2n) is 5.50. The predicted octanol–water partition coefficient (Wildman–Crippen LogP) is 4.09. The van der Waals surface area contributed by atoms with Crippen LogP contribution >= 0.6 is 0 Å². The maximum atomic E-state index is 11.5. The van der Waals surface area contributed by atoms with E-state index in [4.69, 9.17) is 0 Å². The summed E-state index contributed by atoms with van der Waals surface area (Å²) in [6, 6.07) is 0. The SMILES string of the molecule is CCCC1CCC(C(=O)O)(C(C)CC)CC1. The predicted molar refractivity (Wildman–Crippen MR) is 66.4 cm³/mol. The minimum Gasteiger partial charge on any atom is -0.481 e. The third-order valence-corrected chi connectivity index (χ3v) is 4.68. The van der Waals surface area contributed by atoms with E-state index in [1.165, 1.54) is 12.8 Å². The molecule has 0 saturated heterocycles. The van der Waals surface area contributed by atoms with Gasteiger partial charge in [0, 0.05) is 0 Å². The number of hydrogen-bond acceptors (Lipinski definition) is 1. The van der Waals surface area contributed by atoms with Crippen molar-refractivity contribution in [1.82, 2.24) is 0 Å². The molecule has 1 rings (SSSR count). The van der Waals surface area contributed by atoms with E-state index in [2.05, 4.69) is 20.8 Å². The molecule has 1 atom stereocenters. The summed E-state index contributed by atoms with van der Waals surface area (Å²) in [4.78, 5) is 11.5. The fourth-order valence-electron chi connectivity index (χ4n) is 3.20. The number of carboxylic acids is 1. The number of hydrogen-bond donors (Lipinski definition) is 1. The van der Waals surface area contributed by atoms with Crippen molar-refractivity contribution in [2.24, 2.45) is 17.3 Å². The Morgan fingerprint density at radius 2 is 1.94 bits per heavy atom. The van der Waals surface area contributed by atoms with Crippen molar-refractivity contribution in [3.05, 3.63) is 0 Å². The van der Waals surface area contributed by atoms with Gasteiger partial charge in [0.2, 0.25) is 0 Å². The Bertz CT molecular complexity index is 227. The Balaban J connectivity index is 2.66. The van der Waals surface area contributed by atoms with E-state index < -0.39 is 11.4 Å². The summed E-state index contributed by atoms with van der Waals surface area (Å²) in [5.74, 6) is 0.533. The van der Waals surface area contributed by atoms with Gasteiger partial charge in [0.05, 0.1) is 5.41 Å². The van der Waals surface area contributed by atoms with Crippen molar-refractivity contribution in [3.8, 4) is 0 Å². The molecule has 0 radical (unpaired) electrons. The molecule has 2 heteroatoms. The molecular formula is C14H26O2. The molecule has 0 amide bonds. The highest BCUT2D eigenvalue weighted by Crippen LogP contribution is 2.46. The quantitative estimate of drug-likeness (QED) is 0.766. The molecule has 0 bridgehead atoms. The first kappa shape index (κ1) is 13.5. The molecular weight excluding hydrogens is 200 g/mol. The molecule has 2 nitrogen and oxygen atoms in total. The normalized spacial score (nSPS) is 32.3. The van der Waals surface area contributed by atoms with E-state index >= 15 is 0 Å². The van der Waals surface area contributed by atoms with E-state index in [0.29, 0.717) is 5.92 Å². The lowest BCUT2D eigenvalue weighted by Crippen LogP contribution is -2.40. The van der Waals surface area contributed by atoms with E-state index in [1.54, 1.807) is 0 Å². The largest absolute Gasteiger partial charge is 0.481 e. The van der Waals surface area contributed by atoms with Crippen LogP contribution < -0.4 is 0 Å². The summed E-state index contributed by atoms with van der Waals surface area (Å²) in [7, 11) is 0. The van der Waals surface area contributed by atoms with Gasteiger partial charge in [-0.3, -0.25) is 4.79 Å². The van der Waals surface area contributed by atoms with Gasteiger partial charge in [-0.15, -0.1) is 0 Å². The molecule has 1 aliphatic rings. The van der Waals surface area contributed by atoms with Crippen LogP contribution in [-0.2, 0) is 4.79 Å². The summed E-state index contributed by atoms with van der Waals surface area (Å²) in [6.45, 7) is 6.43. The molecule has 0 aromatic carbocycles. The van der Waals surface area contributed by atoms with Gasteiger partial charge in [0.15, 0.2) is 0 Å². The summed E-state index contributed by atoms with van der Waals surface area (Å²) in [5, 5.41) is 9.51. The molecule has 0 spiro atoms. The van der Waals surface area contributed by atoms with E-state index in [9.17, 15) is 9.90 Å². The third-order valence-electron chi connectivity index (χ3n) is 4.68. The van der Waals surface area contributed by atoms with E-state index in [0.717, 1.165) is 38.0 Å². The Morgan fingerprint density at radius 1 is 1.38 bits per heavy atom. The Hall–Kier alpha value is -0.530. The average molecular weight is 226 g/mol. The zero-order chi connectivity index (χ0) is 12.2. The highest BCUT2D eigenvalue weighted by Gasteiger charge is 2.45. The maximum absolute atomic E-state index is 11.5. The van der Waals surface area contributed by atoms with Crippen LogP contribution in [0.2, 0.25) is 0 Å². The molecule has 16 heavy (non-hydrogen) atoms. The number of aliphatic carboxylic acids is 1. The van der Waals surface area contributed by atoms with Crippen molar-refractivity contribution >= 4 is 5.97 Å². The fraction of sp³-hybridized carbons (Fsp3) is 0.929. The van der Waals surface area contributed by atoms with Gasteiger partial charge in [-0.2, -0.15) is 0 Å². The molecule has 1 unspecified atom stereocenters. The lowest BCUT2D eigenvalue weighted by atomic mass is 9.63. The lowest BCUT2D eigenvalue weighted by Gasteiger charge is -2.40. The van der Waals surface area contributed by atoms with Crippen molar-refractivity contribution in [3.63, 3.8) is 0 Å². The summed E-state index contributed by atoms with van der Waals surface area (Å²) < 4.78 is 0. The molecule has 1 aliphatic carbocycles. The molecule has 94 valence electrons. The van der Waals surface area contributed by atoms with Gasteiger partial charge in [-0.25, -0.2) is 0 Å². The minimum atomic E-state index is -0.559. The first-order valence-electron chi connectivity index (χ1n) is 6.80.